The van der Waals surface area contributed by atoms with E-state index >= 15 is 0 Å². The molecule has 0 saturated heterocycles. The summed E-state index contributed by atoms with van der Waals surface area (Å²) in [5.74, 6) is -0.513. The first kappa shape index (κ1) is 24.5. The first-order chi connectivity index (χ1) is 16.6. The van der Waals surface area contributed by atoms with Crippen LogP contribution in [0.4, 0.5) is 13.2 Å². The van der Waals surface area contributed by atoms with Gasteiger partial charge in [-0.05, 0) is 44.0 Å². The molecule has 3 aromatic rings. The molecule has 1 aromatic carbocycles. The Bertz CT molecular complexity index is 1270. The minimum atomic E-state index is -4.64. The van der Waals surface area contributed by atoms with Gasteiger partial charge in [0.1, 0.15) is 17.0 Å². The zero-order valence-corrected chi connectivity index (χ0v) is 19.0. The predicted octanol–water partition coefficient (Wildman–Crippen LogP) is 3.34. The van der Waals surface area contributed by atoms with Crippen LogP contribution in [0.2, 0.25) is 0 Å². The third kappa shape index (κ3) is 5.37. The average molecular weight is 491 g/mol. The maximum atomic E-state index is 13.2. The number of pyridine rings is 1. The van der Waals surface area contributed by atoms with Crippen molar-refractivity contribution in [3.05, 3.63) is 41.4 Å². The van der Waals surface area contributed by atoms with E-state index in [1.54, 1.807) is 13.0 Å². The summed E-state index contributed by atoms with van der Waals surface area (Å²) in [6.07, 6.45) is -2.60. The number of carbonyl (C=O) groups excluding carboxylic acids is 2. The lowest BCUT2D eigenvalue weighted by Crippen LogP contribution is -2.32. The minimum Gasteiger partial charge on any atom is -0.494 e. The molecule has 35 heavy (non-hydrogen) atoms. The van der Waals surface area contributed by atoms with E-state index in [0.717, 1.165) is 18.9 Å². The van der Waals surface area contributed by atoms with Crippen LogP contribution in [-0.4, -0.2) is 41.5 Å². The quantitative estimate of drug-likeness (QED) is 0.440. The van der Waals surface area contributed by atoms with Gasteiger partial charge in [0.2, 0.25) is 11.8 Å². The number of aromatic nitrogens is 2. The van der Waals surface area contributed by atoms with Gasteiger partial charge in [-0.3, -0.25) is 9.59 Å². The topological polar surface area (TPSA) is 132 Å². The van der Waals surface area contributed by atoms with E-state index in [1.165, 1.54) is 19.2 Å². The molecule has 0 aliphatic heterocycles. The molecule has 2 amide bonds. The van der Waals surface area contributed by atoms with Gasteiger partial charge in [-0.2, -0.15) is 13.2 Å². The Morgan fingerprint density at radius 1 is 1.23 bits per heavy atom. The summed E-state index contributed by atoms with van der Waals surface area (Å²) in [4.78, 5) is 32.6. The summed E-state index contributed by atoms with van der Waals surface area (Å²) in [6, 6.07) is 4.62. The van der Waals surface area contributed by atoms with Crippen molar-refractivity contribution in [2.24, 2.45) is 5.73 Å². The third-order valence-corrected chi connectivity index (χ3v) is 5.42. The third-order valence-electron chi connectivity index (χ3n) is 5.42. The first-order valence-corrected chi connectivity index (χ1v) is 11.0. The second kappa shape index (κ2) is 9.53. The molecule has 0 bridgehead atoms. The Kier molecular flexibility index (Phi) is 6.66. The summed E-state index contributed by atoms with van der Waals surface area (Å²) >= 11 is 0. The number of oxazole rings is 1. The van der Waals surface area contributed by atoms with Crippen LogP contribution in [0.25, 0.3) is 22.4 Å². The molecule has 0 unspecified atom stereocenters. The van der Waals surface area contributed by atoms with Crippen molar-refractivity contribution in [2.45, 2.75) is 44.4 Å². The van der Waals surface area contributed by atoms with Crippen molar-refractivity contribution in [1.29, 1.82) is 0 Å². The Hall–Kier alpha value is -3.67. The fourth-order valence-electron chi connectivity index (χ4n) is 3.52. The number of hydrogen-bond acceptors (Lipinski definition) is 7. The number of benzene rings is 1. The maximum Gasteiger partial charge on any atom is 0.433 e. The maximum absolute atomic E-state index is 13.2. The van der Waals surface area contributed by atoms with Gasteiger partial charge in [-0.25, -0.2) is 9.97 Å². The molecule has 1 atom stereocenters. The van der Waals surface area contributed by atoms with Crippen LogP contribution in [0.5, 0.6) is 5.75 Å². The van der Waals surface area contributed by atoms with E-state index in [2.05, 4.69) is 20.6 Å². The van der Waals surface area contributed by atoms with Crippen LogP contribution < -0.4 is 21.1 Å². The Labute approximate surface area is 198 Å². The number of ether oxygens (including phenoxy) is 1. The largest absolute Gasteiger partial charge is 0.494 e. The molecule has 2 aromatic heterocycles. The highest BCUT2D eigenvalue weighted by atomic mass is 19.4. The summed E-state index contributed by atoms with van der Waals surface area (Å²) in [5.41, 5.74) is 5.11. The van der Waals surface area contributed by atoms with E-state index < -0.39 is 23.8 Å². The summed E-state index contributed by atoms with van der Waals surface area (Å²) in [6.45, 7) is 1.70. The normalized spacial score (nSPS) is 14.6. The molecule has 1 aliphatic rings. The van der Waals surface area contributed by atoms with E-state index in [9.17, 15) is 22.8 Å². The molecule has 1 aliphatic carbocycles. The zero-order chi connectivity index (χ0) is 25.3. The fourth-order valence-corrected chi connectivity index (χ4v) is 3.52. The van der Waals surface area contributed by atoms with Crippen molar-refractivity contribution in [3.63, 3.8) is 0 Å². The van der Waals surface area contributed by atoms with Gasteiger partial charge in [0.05, 0.1) is 13.2 Å². The Balaban J connectivity index is 1.64. The summed E-state index contributed by atoms with van der Waals surface area (Å²) in [5, 5.41) is 5.75. The molecule has 2 heterocycles. The number of hydrogen-bond donors (Lipinski definition) is 3. The second-order valence-electron chi connectivity index (χ2n) is 8.27. The van der Waals surface area contributed by atoms with Gasteiger partial charge in [0.25, 0.3) is 5.91 Å². The van der Waals surface area contributed by atoms with Gasteiger partial charge in [-0.15, -0.1) is 0 Å². The molecular weight excluding hydrogens is 467 g/mol. The first-order valence-electron chi connectivity index (χ1n) is 11.0. The fraction of sp³-hybridized carbons (Fsp3) is 0.391. The standard InChI is InChI=1S/C23H24F3N5O4/c1-11(27)20-19(21(33)28-10-9-17(32)29-12-3-4-12)31-22(35-20)14-5-7-15(34-2)18-13(14)6-8-16(30-18)23(24,25)26/h5-8,11-12H,3-4,9-10,27H2,1-2H3,(H,28,33)(H,29,32)/t11-/m0/s1. The molecule has 0 radical (unpaired) electrons. The van der Waals surface area contributed by atoms with Gasteiger partial charge in [0.15, 0.2) is 11.5 Å². The smallest absolute Gasteiger partial charge is 0.433 e. The highest BCUT2D eigenvalue weighted by Gasteiger charge is 2.33. The second-order valence-corrected chi connectivity index (χ2v) is 8.27. The molecular formula is C23H24F3N5O4. The molecule has 9 nitrogen and oxygen atoms in total. The highest BCUT2D eigenvalue weighted by molar-refractivity contribution is 5.98. The van der Waals surface area contributed by atoms with E-state index in [-0.39, 0.29) is 53.5 Å². The molecule has 12 heteroatoms. The van der Waals surface area contributed by atoms with Gasteiger partial charge >= 0.3 is 6.18 Å². The summed E-state index contributed by atoms with van der Waals surface area (Å²) in [7, 11) is 1.32. The molecule has 1 fully saturated rings. The van der Waals surface area contributed by atoms with Gasteiger partial charge < -0.3 is 25.5 Å². The van der Waals surface area contributed by atoms with Crippen LogP contribution in [0.3, 0.4) is 0 Å². The van der Waals surface area contributed by atoms with Crippen molar-refractivity contribution in [3.8, 4) is 17.2 Å². The molecule has 186 valence electrons. The lowest BCUT2D eigenvalue weighted by atomic mass is 10.1. The molecule has 4 rings (SSSR count). The number of fused-ring (bicyclic) bond motifs is 1. The van der Waals surface area contributed by atoms with Gasteiger partial charge in [-0.1, -0.05) is 0 Å². The van der Waals surface area contributed by atoms with Crippen LogP contribution in [-0.2, 0) is 11.0 Å². The Morgan fingerprint density at radius 3 is 2.60 bits per heavy atom. The number of amides is 2. The zero-order valence-electron chi connectivity index (χ0n) is 19.0. The highest BCUT2D eigenvalue weighted by Crippen LogP contribution is 2.37. The van der Waals surface area contributed by atoms with Gasteiger partial charge in [0, 0.05) is 30.0 Å². The van der Waals surface area contributed by atoms with Crippen molar-refractivity contribution in [1.82, 2.24) is 20.6 Å². The number of halogens is 3. The number of alkyl halides is 3. The number of rotatable bonds is 8. The van der Waals surface area contributed by atoms with Crippen LogP contribution >= 0.6 is 0 Å². The average Bonchev–Trinajstić information content (AvgIpc) is 3.50. The Morgan fingerprint density at radius 2 is 1.97 bits per heavy atom. The van der Waals surface area contributed by atoms with Crippen LogP contribution in [0, 0.1) is 0 Å². The van der Waals surface area contributed by atoms with E-state index in [0.29, 0.717) is 10.9 Å². The minimum absolute atomic E-state index is 0.0110. The van der Waals surface area contributed by atoms with Crippen molar-refractivity contribution < 1.29 is 31.9 Å². The van der Waals surface area contributed by atoms with E-state index in [1.807, 2.05) is 0 Å². The number of nitrogens with two attached hydrogens (primary N) is 1. The van der Waals surface area contributed by atoms with Crippen LogP contribution in [0.1, 0.15) is 54.2 Å². The van der Waals surface area contributed by atoms with Crippen LogP contribution in [0.15, 0.2) is 28.7 Å². The molecule has 0 spiro atoms. The number of carbonyl (C=O) groups is 2. The van der Waals surface area contributed by atoms with E-state index in [4.69, 9.17) is 14.9 Å². The molecule has 1 saturated carbocycles. The molecule has 4 N–H and O–H groups in total. The lowest BCUT2D eigenvalue weighted by Gasteiger charge is -2.11. The summed E-state index contributed by atoms with van der Waals surface area (Å²) < 4.78 is 50.6. The number of nitrogens with one attached hydrogen (secondary N) is 2. The predicted molar refractivity (Wildman–Crippen MR) is 120 cm³/mol. The van der Waals surface area contributed by atoms with Crippen molar-refractivity contribution >= 4 is 22.7 Å². The number of nitrogens with zero attached hydrogens (tertiary/aromatic N) is 2. The SMILES string of the molecule is COc1ccc(-c2nc(C(=O)NCCC(=O)NC3CC3)c([C@H](C)N)o2)c2ccc(C(F)(F)F)nc12. The lowest BCUT2D eigenvalue weighted by molar-refractivity contribution is -0.141. The monoisotopic (exact) mass is 491 g/mol. The van der Waals surface area contributed by atoms with Crippen molar-refractivity contribution in [2.75, 3.05) is 13.7 Å². The number of methoxy groups -OCH3 is 1.